The first kappa shape index (κ1) is 10.3. The molecule has 0 atom stereocenters. The van der Waals surface area contributed by atoms with E-state index in [0.29, 0.717) is 12.0 Å². The van der Waals surface area contributed by atoms with Crippen LogP contribution in [0.5, 0.6) is 0 Å². The third-order valence-corrected chi connectivity index (χ3v) is 2.13. The molecular formula is C8H7Cl2NO2. The van der Waals surface area contributed by atoms with Crippen LogP contribution in [0.4, 0.5) is 0 Å². The molecule has 0 saturated carbocycles. The number of nitrogens with zero attached hydrogens (tertiary/aromatic N) is 1. The van der Waals surface area contributed by atoms with Crippen molar-refractivity contribution in [2.45, 2.75) is 13.3 Å². The fourth-order valence-corrected chi connectivity index (χ4v) is 1.60. The van der Waals surface area contributed by atoms with Crippen LogP contribution in [0.25, 0.3) is 0 Å². The SMILES string of the molecule is CCc1c(C(=O)O)cc(Cl)nc1Cl. The molecule has 70 valence electrons. The van der Waals surface area contributed by atoms with Gasteiger partial charge in [0.25, 0.3) is 0 Å². The third-order valence-electron chi connectivity index (χ3n) is 1.63. The number of carboxylic acid groups (broad SMARTS) is 1. The lowest BCUT2D eigenvalue weighted by atomic mass is 10.1. The van der Waals surface area contributed by atoms with Crippen LogP contribution in [-0.2, 0) is 6.42 Å². The van der Waals surface area contributed by atoms with Gasteiger partial charge in [0.2, 0.25) is 0 Å². The van der Waals surface area contributed by atoms with E-state index in [-0.39, 0.29) is 15.9 Å². The molecule has 0 spiro atoms. The molecule has 1 N–H and O–H groups in total. The topological polar surface area (TPSA) is 50.2 Å². The highest BCUT2D eigenvalue weighted by atomic mass is 35.5. The summed E-state index contributed by atoms with van der Waals surface area (Å²) in [5, 5.41) is 9.06. The molecule has 1 aromatic heterocycles. The van der Waals surface area contributed by atoms with Crippen molar-refractivity contribution in [1.82, 2.24) is 4.98 Å². The Morgan fingerprint density at radius 1 is 1.62 bits per heavy atom. The molecule has 1 heterocycles. The molecule has 1 rings (SSSR count). The highest BCUT2D eigenvalue weighted by Crippen LogP contribution is 2.22. The van der Waals surface area contributed by atoms with Crippen molar-refractivity contribution in [3.63, 3.8) is 0 Å². The molecule has 1 aromatic rings. The Kier molecular flexibility index (Phi) is 3.12. The minimum atomic E-state index is -1.04. The number of carbonyl (C=O) groups is 1. The van der Waals surface area contributed by atoms with E-state index < -0.39 is 5.97 Å². The van der Waals surface area contributed by atoms with Gasteiger partial charge in [0.15, 0.2) is 0 Å². The van der Waals surface area contributed by atoms with Gasteiger partial charge in [-0.15, -0.1) is 0 Å². The highest BCUT2D eigenvalue weighted by molar-refractivity contribution is 6.33. The van der Waals surface area contributed by atoms with Crippen molar-refractivity contribution in [3.8, 4) is 0 Å². The fourth-order valence-electron chi connectivity index (χ4n) is 1.04. The molecule has 0 saturated heterocycles. The maximum atomic E-state index is 10.7. The summed E-state index contributed by atoms with van der Waals surface area (Å²) in [5.41, 5.74) is 0.631. The van der Waals surface area contributed by atoms with Gasteiger partial charge in [0, 0.05) is 5.56 Å². The van der Waals surface area contributed by atoms with Gasteiger partial charge in [-0.3, -0.25) is 0 Å². The van der Waals surface area contributed by atoms with Crippen LogP contribution in [-0.4, -0.2) is 16.1 Å². The number of rotatable bonds is 2. The molecule has 0 aliphatic rings. The standard InChI is InChI=1S/C8H7Cl2NO2/c1-2-4-5(8(12)13)3-6(9)11-7(4)10/h3H,2H2,1H3,(H,12,13). The van der Waals surface area contributed by atoms with Crippen LogP contribution in [0.15, 0.2) is 6.07 Å². The Balaban J connectivity index is 3.38. The molecule has 0 unspecified atom stereocenters. The number of halogens is 2. The normalized spacial score (nSPS) is 10.1. The van der Waals surface area contributed by atoms with Gasteiger partial charge in [-0.2, -0.15) is 0 Å². The molecule has 5 heteroatoms. The number of aromatic carboxylic acids is 1. The van der Waals surface area contributed by atoms with Gasteiger partial charge in [-0.1, -0.05) is 30.1 Å². The van der Waals surface area contributed by atoms with E-state index >= 15 is 0 Å². The van der Waals surface area contributed by atoms with E-state index in [9.17, 15) is 4.79 Å². The monoisotopic (exact) mass is 219 g/mol. The van der Waals surface area contributed by atoms with Crippen LogP contribution in [0, 0.1) is 0 Å². The fraction of sp³-hybridized carbons (Fsp3) is 0.250. The average Bonchev–Trinajstić information content (AvgIpc) is 2.02. The number of hydrogen-bond donors (Lipinski definition) is 1. The Labute approximate surface area is 85.3 Å². The molecule has 3 nitrogen and oxygen atoms in total. The van der Waals surface area contributed by atoms with Crippen molar-refractivity contribution in [2.75, 3.05) is 0 Å². The lowest BCUT2D eigenvalue weighted by molar-refractivity contribution is 0.0695. The summed E-state index contributed by atoms with van der Waals surface area (Å²) < 4.78 is 0. The summed E-state index contributed by atoms with van der Waals surface area (Å²) in [6.07, 6.45) is 0.518. The minimum absolute atomic E-state index is 0.0969. The van der Waals surface area contributed by atoms with Gasteiger partial charge in [0.1, 0.15) is 10.3 Å². The molecule has 0 aromatic carbocycles. The lowest BCUT2D eigenvalue weighted by Gasteiger charge is -2.05. The predicted octanol–water partition coefficient (Wildman–Crippen LogP) is 2.65. The second kappa shape index (κ2) is 3.94. The van der Waals surface area contributed by atoms with Crippen LogP contribution in [0.3, 0.4) is 0 Å². The molecule has 0 bridgehead atoms. The van der Waals surface area contributed by atoms with E-state index in [1.165, 1.54) is 6.07 Å². The minimum Gasteiger partial charge on any atom is -0.478 e. The Morgan fingerprint density at radius 2 is 2.23 bits per heavy atom. The Morgan fingerprint density at radius 3 is 2.69 bits per heavy atom. The number of pyridine rings is 1. The van der Waals surface area contributed by atoms with E-state index in [4.69, 9.17) is 28.3 Å². The third kappa shape index (κ3) is 2.11. The zero-order valence-electron chi connectivity index (χ0n) is 6.84. The van der Waals surface area contributed by atoms with Crippen LogP contribution < -0.4 is 0 Å². The van der Waals surface area contributed by atoms with Crippen molar-refractivity contribution in [3.05, 3.63) is 27.5 Å². The zero-order chi connectivity index (χ0) is 10.0. The lowest BCUT2D eigenvalue weighted by Crippen LogP contribution is -2.03. The van der Waals surface area contributed by atoms with Crippen molar-refractivity contribution in [1.29, 1.82) is 0 Å². The molecule has 0 fully saturated rings. The Bertz CT molecular complexity index is 352. The zero-order valence-corrected chi connectivity index (χ0v) is 8.35. The summed E-state index contributed by atoms with van der Waals surface area (Å²) in [5.74, 6) is -1.04. The second-order valence-electron chi connectivity index (χ2n) is 2.42. The summed E-state index contributed by atoms with van der Waals surface area (Å²) in [7, 11) is 0. The smallest absolute Gasteiger partial charge is 0.336 e. The average molecular weight is 220 g/mol. The number of hydrogen-bond acceptors (Lipinski definition) is 2. The highest BCUT2D eigenvalue weighted by Gasteiger charge is 2.14. The van der Waals surface area contributed by atoms with Crippen molar-refractivity contribution < 1.29 is 9.90 Å². The summed E-state index contributed by atoms with van der Waals surface area (Å²) >= 11 is 11.3. The molecular weight excluding hydrogens is 213 g/mol. The van der Waals surface area contributed by atoms with E-state index in [2.05, 4.69) is 4.98 Å². The Hall–Kier alpha value is -0.800. The van der Waals surface area contributed by atoms with E-state index in [1.54, 1.807) is 0 Å². The van der Waals surface area contributed by atoms with Crippen molar-refractivity contribution >= 4 is 29.2 Å². The van der Waals surface area contributed by atoms with Gasteiger partial charge < -0.3 is 5.11 Å². The maximum Gasteiger partial charge on any atom is 0.336 e. The quantitative estimate of drug-likeness (QED) is 0.779. The summed E-state index contributed by atoms with van der Waals surface area (Å²) in [4.78, 5) is 14.5. The van der Waals surface area contributed by atoms with Crippen LogP contribution >= 0.6 is 23.2 Å². The van der Waals surface area contributed by atoms with Crippen molar-refractivity contribution in [2.24, 2.45) is 0 Å². The van der Waals surface area contributed by atoms with E-state index in [1.807, 2.05) is 6.92 Å². The van der Waals surface area contributed by atoms with Gasteiger partial charge in [-0.05, 0) is 12.5 Å². The van der Waals surface area contributed by atoms with Gasteiger partial charge >= 0.3 is 5.97 Å². The first-order valence-corrected chi connectivity index (χ1v) is 4.40. The first-order valence-electron chi connectivity index (χ1n) is 3.64. The number of aromatic nitrogens is 1. The van der Waals surface area contributed by atoms with Gasteiger partial charge in [0.05, 0.1) is 5.56 Å². The second-order valence-corrected chi connectivity index (χ2v) is 3.17. The predicted molar refractivity (Wildman–Crippen MR) is 50.6 cm³/mol. The maximum absolute atomic E-state index is 10.7. The first-order chi connectivity index (χ1) is 6.06. The number of carboxylic acids is 1. The van der Waals surface area contributed by atoms with Crippen LogP contribution in [0.1, 0.15) is 22.8 Å². The largest absolute Gasteiger partial charge is 0.478 e. The van der Waals surface area contributed by atoms with Gasteiger partial charge in [-0.25, -0.2) is 9.78 Å². The molecule has 13 heavy (non-hydrogen) atoms. The molecule has 0 aliphatic heterocycles. The van der Waals surface area contributed by atoms with Crippen LogP contribution in [0.2, 0.25) is 10.3 Å². The summed E-state index contributed by atoms with van der Waals surface area (Å²) in [6.45, 7) is 1.81. The molecule has 0 amide bonds. The van der Waals surface area contributed by atoms with E-state index in [0.717, 1.165) is 0 Å². The molecule has 0 radical (unpaired) electrons. The molecule has 0 aliphatic carbocycles. The summed E-state index contributed by atoms with van der Waals surface area (Å²) in [6, 6.07) is 1.30.